The van der Waals surface area contributed by atoms with Gasteiger partial charge in [-0.1, -0.05) is 114 Å². The van der Waals surface area contributed by atoms with Crippen LogP contribution in [0.15, 0.2) is 24.3 Å². The highest BCUT2D eigenvalue weighted by atomic mass is 16.7. The molecule has 0 atom stereocenters. The molecule has 0 heterocycles. The van der Waals surface area contributed by atoms with Gasteiger partial charge in [-0.25, -0.2) is 0 Å². The molecule has 2 rings (SSSR count). The average Bonchev–Trinajstić information content (AvgIpc) is 2.84. The molecule has 246 valence electrons. The highest BCUT2D eigenvalue weighted by Gasteiger charge is 2.28. The van der Waals surface area contributed by atoms with E-state index in [-0.39, 0.29) is 34.5 Å². The Balaban J connectivity index is 2.12. The predicted molar refractivity (Wildman–Crippen MR) is 179 cm³/mol. The minimum Gasteiger partial charge on any atom is -0.507 e. The van der Waals surface area contributed by atoms with Crippen LogP contribution < -0.4 is 0 Å². The molecule has 0 aliphatic carbocycles. The Morgan fingerprint density at radius 2 is 0.864 bits per heavy atom. The van der Waals surface area contributed by atoms with Crippen molar-refractivity contribution in [1.29, 1.82) is 0 Å². The second-order valence-electron chi connectivity index (χ2n) is 16.3. The second-order valence-corrected chi connectivity index (χ2v) is 16.3. The fourth-order valence-corrected chi connectivity index (χ4v) is 5.25. The molecule has 0 radical (unpaired) electrons. The Labute approximate surface area is 266 Å². The Morgan fingerprint density at radius 1 is 0.591 bits per heavy atom. The van der Waals surface area contributed by atoms with Crippen LogP contribution in [0.4, 0.5) is 0 Å². The van der Waals surface area contributed by atoms with Gasteiger partial charge in [0.1, 0.15) is 11.5 Å². The monoisotopic (exact) mass is 610 g/mol. The number of rotatable bonds is 10. The summed E-state index contributed by atoms with van der Waals surface area (Å²) in [6, 6.07) is 7.89. The molecule has 0 fully saturated rings. The van der Waals surface area contributed by atoms with E-state index in [1.807, 2.05) is 31.2 Å². The van der Waals surface area contributed by atoms with Crippen molar-refractivity contribution < 1.29 is 29.3 Å². The van der Waals surface area contributed by atoms with E-state index >= 15 is 0 Å². The van der Waals surface area contributed by atoms with Crippen LogP contribution >= 0.6 is 0 Å². The van der Waals surface area contributed by atoms with Gasteiger partial charge in [-0.2, -0.15) is 0 Å². The van der Waals surface area contributed by atoms with E-state index in [1.165, 1.54) is 0 Å². The minimum atomic E-state index is -0.940. The fraction of sp³-hybridized carbons (Fsp3) is 0.632. The zero-order valence-corrected chi connectivity index (χ0v) is 29.7. The van der Waals surface area contributed by atoms with Crippen LogP contribution in [0, 0.1) is 0 Å². The topological polar surface area (TPSA) is 93.1 Å². The molecule has 0 amide bonds. The summed E-state index contributed by atoms with van der Waals surface area (Å²) in [7, 11) is 0. The van der Waals surface area contributed by atoms with E-state index in [2.05, 4.69) is 83.1 Å². The van der Waals surface area contributed by atoms with Crippen molar-refractivity contribution in [3.05, 3.63) is 57.6 Å². The molecule has 0 aromatic heterocycles. The van der Waals surface area contributed by atoms with Crippen molar-refractivity contribution in [2.45, 2.75) is 156 Å². The number of phenolic OH excluding ortho intramolecular Hbond substituents is 2. The number of benzene rings is 2. The molecule has 0 bridgehead atoms. The van der Waals surface area contributed by atoms with Crippen LogP contribution in [0.5, 0.6) is 11.5 Å². The largest absolute Gasteiger partial charge is 0.507 e. The first-order chi connectivity index (χ1) is 19.9. The Hall–Kier alpha value is -3.02. The number of aromatic hydroxyl groups is 2. The van der Waals surface area contributed by atoms with Gasteiger partial charge in [0.25, 0.3) is 0 Å². The Kier molecular flexibility index (Phi) is 11.8. The highest BCUT2D eigenvalue weighted by Crippen LogP contribution is 2.41. The molecular formula is C38H58O6. The van der Waals surface area contributed by atoms with Gasteiger partial charge in [0.15, 0.2) is 0 Å². The lowest BCUT2D eigenvalue weighted by atomic mass is 9.78. The third kappa shape index (κ3) is 10.3. The molecule has 6 heteroatoms. The van der Waals surface area contributed by atoms with Gasteiger partial charge in [-0.15, -0.1) is 0 Å². The maximum Gasteiger partial charge on any atom is 0.309 e. The standard InChI is InChI=1S/C38H58O6/c1-14-15-32(43-30(39)18-16-24-20-26(35(2,3)4)33(41)27(21-24)36(5,6)7)44-31(40)19-17-25-22-28(37(8,9)10)34(42)29(23-25)38(11,12)13/h20-23,32,41-42H,14-19H2,1-13H3. The summed E-state index contributed by atoms with van der Waals surface area (Å²) in [5.74, 6) is -0.241. The third-order valence-corrected chi connectivity index (χ3v) is 7.86. The number of carbonyl (C=O) groups excluding carboxylic acids is 2. The van der Waals surface area contributed by atoms with Crippen molar-refractivity contribution in [2.75, 3.05) is 0 Å². The minimum absolute atomic E-state index is 0.133. The molecule has 0 saturated heterocycles. The van der Waals surface area contributed by atoms with E-state index in [1.54, 1.807) is 0 Å². The van der Waals surface area contributed by atoms with Gasteiger partial charge in [0, 0.05) is 19.3 Å². The third-order valence-electron chi connectivity index (χ3n) is 7.86. The fourth-order valence-electron chi connectivity index (χ4n) is 5.25. The smallest absolute Gasteiger partial charge is 0.309 e. The molecule has 0 saturated carbocycles. The van der Waals surface area contributed by atoms with Crippen molar-refractivity contribution in [3.63, 3.8) is 0 Å². The lowest BCUT2D eigenvalue weighted by molar-refractivity contribution is -0.189. The molecule has 0 spiro atoms. The summed E-state index contributed by atoms with van der Waals surface area (Å²) < 4.78 is 11.3. The number of aryl methyl sites for hydroxylation is 2. The Bertz CT molecular complexity index is 1140. The normalized spacial score (nSPS) is 12.9. The summed E-state index contributed by atoms with van der Waals surface area (Å²) in [6.07, 6.45) is 1.33. The van der Waals surface area contributed by atoms with Gasteiger partial charge in [0.2, 0.25) is 6.29 Å². The number of hydrogen-bond acceptors (Lipinski definition) is 6. The summed E-state index contributed by atoms with van der Waals surface area (Å²) in [4.78, 5) is 25.8. The predicted octanol–water partition coefficient (Wildman–Crippen LogP) is 9.07. The van der Waals surface area contributed by atoms with Gasteiger partial charge < -0.3 is 19.7 Å². The molecule has 0 unspecified atom stereocenters. The van der Waals surface area contributed by atoms with Crippen LogP contribution in [0.2, 0.25) is 0 Å². The summed E-state index contributed by atoms with van der Waals surface area (Å²) >= 11 is 0. The zero-order chi connectivity index (χ0) is 33.8. The van der Waals surface area contributed by atoms with Crippen LogP contribution in [0.3, 0.4) is 0 Å². The maximum atomic E-state index is 12.9. The van der Waals surface area contributed by atoms with E-state index in [0.717, 1.165) is 33.4 Å². The lowest BCUT2D eigenvalue weighted by Crippen LogP contribution is -2.25. The number of carbonyl (C=O) groups is 2. The quantitative estimate of drug-likeness (QED) is 0.206. The number of phenols is 2. The zero-order valence-electron chi connectivity index (χ0n) is 29.7. The van der Waals surface area contributed by atoms with Crippen LogP contribution in [0.25, 0.3) is 0 Å². The molecule has 0 aliphatic rings. The van der Waals surface area contributed by atoms with Gasteiger partial charge in [0.05, 0.1) is 0 Å². The number of hydrogen-bond donors (Lipinski definition) is 2. The van der Waals surface area contributed by atoms with E-state index < -0.39 is 18.2 Å². The molecular weight excluding hydrogens is 552 g/mol. The van der Waals surface area contributed by atoms with E-state index in [0.29, 0.717) is 37.2 Å². The van der Waals surface area contributed by atoms with Crippen LogP contribution in [0.1, 0.15) is 149 Å². The first-order valence-corrected chi connectivity index (χ1v) is 16.1. The number of esters is 2. The van der Waals surface area contributed by atoms with Crippen molar-refractivity contribution >= 4 is 11.9 Å². The van der Waals surface area contributed by atoms with Crippen molar-refractivity contribution in [1.82, 2.24) is 0 Å². The highest BCUT2D eigenvalue weighted by molar-refractivity contribution is 5.72. The first-order valence-electron chi connectivity index (χ1n) is 16.1. The second kappa shape index (κ2) is 14.0. The summed E-state index contributed by atoms with van der Waals surface area (Å²) in [5.41, 5.74) is 4.27. The molecule has 0 aliphatic heterocycles. The van der Waals surface area contributed by atoms with E-state index in [9.17, 15) is 19.8 Å². The molecule has 44 heavy (non-hydrogen) atoms. The SMILES string of the molecule is CCCC(OC(=O)CCc1cc(C(C)(C)C)c(O)c(C(C)(C)C)c1)OC(=O)CCc1cc(C(C)(C)C)c(O)c(C(C)(C)C)c1. The average molecular weight is 611 g/mol. The lowest BCUT2D eigenvalue weighted by Gasteiger charge is -2.28. The molecule has 6 nitrogen and oxygen atoms in total. The van der Waals surface area contributed by atoms with Crippen molar-refractivity contribution in [3.8, 4) is 11.5 Å². The first kappa shape index (κ1) is 37.2. The maximum absolute atomic E-state index is 12.9. The Morgan fingerprint density at radius 3 is 1.09 bits per heavy atom. The summed E-state index contributed by atoms with van der Waals surface area (Å²) in [5, 5.41) is 22.0. The van der Waals surface area contributed by atoms with Crippen LogP contribution in [-0.2, 0) is 53.6 Å². The molecule has 2 N–H and O–H groups in total. The van der Waals surface area contributed by atoms with Gasteiger partial charge >= 0.3 is 11.9 Å². The molecule has 2 aromatic rings. The van der Waals surface area contributed by atoms with Crippen molar-refractivity contribution in [2.24, 2.45) is 0 Å². The van der Waals surface area contributed by atoms with E-state index in [4.69, 9.17) is 9.47 Å². The van der Waals surface area contributed by atoms with Gasteiger partial charge in [-0.05, 0) is 74.3 Å². The number of ether oxygens (including phenoxy) is 2. The van der Waals surface area contributed by atoms with Gasteiger partial charge in [-0.3, -0.25) is 9.59 Å². The summed E-state index contributed by atoms with van der Waals surface area (Å²) in [6.45, 7) is 26.7. The van der Waals surface area contributed by atoms with Crippen LogP contribution in [-0.4, -0.2) is 28.4 Å². The molecule has 2 aromatic carbocycles.